The van der Waals surface area contributed by atoms with Crippen molar-refractivity contribution < 1.29 is 69.0 Å². The summed E-state index contributed by atoms with van der Waals surface area (Å²) in [5, 5.41) is 72.3. The summed E-state index contributed by atoms with van der Waals surface area (Å²) in [5.41, 5.74) is 0. The molecule has 14 nitrogen and oxygen atoms in total. The van der Waals surface area contributed by atoms with Crippen LogP contribution in [0, 0.1) is 0 Å². The number of ether oxygens (including phenoxy) is 6. The fourth-order valence-corrected chi connectivity index (χ4v) is 9.34. The Balaban J connectivity index is 1.69. The van der Waals surface area contributed by atoms with Crippen LogP contribution in [0.25, 0.3) is 0 Å². The summed E-state index contributed by atoms with van der Waals surface area (Å²) < 4.78 is 34.4. The summed E-state index contributed by atoms with van der Waals surface area (Å²) in [6.07, 6.45) is 40.4. The summed E-state index contributed by atoms with van der Waals surface area (Å²) >= 11 is 0. The number of rotatable bonds is 48. The monoisotopic (exact) mass is 1050 g/mol. The van der Waals surface area contributed by atoms with Crippen LogP contribution in [-0.2, 0) is 33.2 Å². The lowest BCUT2D eigenvalue weighted by Crippen LogP contribution is -2.61. The zero-order valence-electron chi connectivity index (χ0n) is 46.3. The third kappa shape index (κ3) is 33.3. The minimum atomic E-state index is -1.71. The van der Waals surface area contributed by atoms with Crippen LogP contribution < -0.4 is 0 Å². The maximum Gasteiger partial charge on any atom is 0.306 e. The quantitative estimate of drug-likeness (QED) is 0.0172. The van der Waals surface area contributed by atoms with Gasteiger partial charge in [0.05, 0.1) is 26.4 Å². The van der Waals surface area contributed by atoms with E-state index in [1.165, 1.54) is 128 Å². The molecular weight excluding hydrogens is 945 g/mol. The first-order valence-corrected chi connectivity index (χ1v) is 29.7. The molecule has 2 aliphatic heterocycles. The van der Waals surface area contributed by atoms with Gasteiger partial charge in [-0.05, 0) is 51.4 Å². The summed E-state index contributed by atoms with van der Waals surface area (Å²) in [6, 6.07) is 0. The van der Waals surface area contributed by atoms with Gasteiger partial charge in [0.15, 0.2) is 12.6 Å². The van der Waals surface area contributed by atoms with Crippen molar-refractivity contribution in [2.75, 3.05) is 33.0 Å². The van der Waals surface area contributed by atoms with Crippen molar-refractivity contribution in [2.45, 2.75) is 293 Å². The Kier molecular flexibility index (Phi) is 43.2. The van der Waals surface area contributed by atoms with E-state index in [9.17, 15) is 40.5 Å². The van der Waals surface area contributed by atoms with Gasteiger partial charge in [-0.2, -0.15) is 0 Å². The first-order chi connectivity index (χ1) is 36.1. The van der Waals surface area contributed by atoms with Crippen LogP contribution in [0.4, 0.5) is 0 Å². The normalized spacial score (nSPS) is 25.1. The maximum absolute atomic E-state index is 13.1. The van der Waals surface area contributed by atoms with Gasteiger partial charge < -0.3 is 64.2 Å². The fraction of sp³-hybridized carbons (Fsp3) is 0.850. The third-order valence-corrected chi connectivity index (χ3v) is 14.1. The van der Waals surface area contributed by atoms with Gasteiger partial charge in [0, 0.05) is 13.0 Å². The highest BCUT2D eigenvalue weighted by molar-refractivity contribution is 5.69. The molecule has 2 heterocycles. The molecule has 0 amide bonds. The number of aliphatic hydroxyl groups excluding tert-OH is 7. The molecule has 0 aromatic rings. The molecule has 2 fully saturated rings. The van der Waals surface area contributed by atoms with E-state index in [1.807, 2.05) is 0 Å². The lowest BCUT2D eigenvalue weighted by atomic mass is 9.98. The van der Waals surface area contributed by atoms with E-state index in [4.69, 9.17) is 28.4 Å². The van der Waals surface area contributed by atoms with Gasteiger partial charge in [-0.15, -0.1) is 0 Å². The molecule has 11 unspecified atom stereocenters. The van der Waals surface area contributed by atoms with Crippen molar-refractivity contribution >= 4 is 5.97 Å². The predicted octanol–water partition coefficient (Wildman–Crippen LogP) is 10.7. The fourth-order valence-electron chi connectivity index (χ4n) is 9.34. The Morgan fingerprint density at radius 1 is 0.459 bits per heavy atom. The smallest absolute Gasteiger partial charge is 0.306 e. The molecule has 2 rings (SSSR count). The van der Waals surface area contributed by atoms with Gasteiger partial charge in [0.1, 0.15) is 54.9 Å². The highest BCUT2D eigenvalue weighted by Gasteiger charge is 2.47. The third-order valence-electron chi connectivity index (χ3n) is 14.1. The van der Waals surface area contributed by atoms with Crippen molar-refractivity contribution in [3.8, 4) is 0 Å². The standard InChI is InChI=1S/C60H108O14/c1-3-5-7-9-11-13-15-17-19-21-22-23-24-25-26-27-28-29-31-33-35-37-39-41-43-52(62)72-49(46-69-44-42-40-38-36-34-32-30-20-18-16-14-12-10-8-6-4-2)47-70-59-58(68)56(66)54(64)51(74-59)48-71-60-57(67)55(65)53(63)50(45-61)73-60/h6,8,12,14,18,20,32,34,49-51,53-61,63-68H,3-5,7,9-11,13,15-17,19,21-31,33,35-48H2,1-2H3/b8-6-,14-12-,20-18-,34-32-. The Morgan fingerprint density at radius 2 is 0.878 bits per heavy atom. The first kappa shape index (κ1) is 68.1. The second-order valence-corrected chi connectivity index (χ2v) is 20.8. The van der Waals surface area contributed by atoms with Gasteiger partial charge in [-0.1, -0.05) is 217 Å². The molecule has 11 atom stereocenters. The van der Waals surface area contributed by atoms with Crippen LogP contribution in [0.1, 0.15) is 226 Å². The molecule has 0 bridgehead atoms. The molecule has 7 N–H and O–H groups in total. The SMILES string of the molecule is CC/C=C\C/C=C\C/C=C\C/C=C\CCCCCOCC(COC1OC(COC2OC(CO)C(O)C(O)C2O)C(O)C(O)C1O)OC(=O)CCCCCCCCCCCCCCCCCCCCCCCCCC. The Hall–Kier alpha value is -2.05. The zero-order valence-corrected chi connectivity index (χ0v) is 46.3. The van der Waals surface area contributed by atoms with Crippen molar-refractivity contribution in [2.24, 2.45) is 0 Å². The van der Waals surface area contributed by atoms with Gasteiger partial charge >= 0.3 is 5.97 Å². The highest BCUT2D eigenvalue weighted by atomic mass is 16.7. The summed E-state index contributed by atoms with van der Waals surface area (Å²) in [4.78, 5) is 13.1. The molecular formula is C60H108O14. The Labute approximate surface area is 448 Å². The van der Waals surface area contributed by atoms with Crippen LogP contribution in [0.15, 0.2) is 48.6 Å². The first-order valence-electron chi connectivity index (χ1n) is 29.7. The molecule has 2 aliphatic rings. The number of carbonyl (C=O) groups is 1. The van der Waals surface area contributed by atoms with Gasteiger partial charge in [0.25, 0.3) is 0 Å². The lowest BCUT2D eigenvalue weighted by Gasteiger charge is -2.42. The minimum Gasteiger partial charge on any atom is -0.457 e. The van der Waals surface area contributed by atoms with Gasteiger partial charge in [0.2, 0.25) is 0 Å². The summed E-state index contributed by atoms with van der Waals surface area (Å²) in [6.45, 7) is 3.53. The predicted molar refractivity (Wildman–Crippen MR) is 293 cm³/mol. The van der Waals surface area contributed by atoms with Crippen LogP contribution >= 0.6 is 0 Å². The lowest BCUT2D eigenvalue weighted by molar-refractivity contribution is -0.332. The number of hydrogen-bond donors (Lipinski definition) is 7. The van der Waals surface area contributed by atoms with Crippen LogP contribution in [0.3, 0.4) is 0 Å². The van der Waals surface area contributed by atoms with E-state index in [0.717, 1.165) is 70.6 Å². The van der Waals surface area contributed by atoms with Crippen LogP contribution in [0.2, 0.25) is 0 Å². The Bertz CT molecular complexity index is 1410. The van der Waals surface area contributed by atoms with E-state index in [1.54, 1.807) is 0 Å². The summed E-state index contributed by atoms with van der Waals surface area (Å²) in [7, 11) is 0. The number of carbonyl (C=O) groups excluding carboxylic acids is 1. The van der Waals surface area contributed by atoms with Crippen molar-refractivity contribution in [3.05, 3.63) is 48.6 Å². The maximum atomic E-state index is 13.1. The molecule has 0 aromatic heterocycles. The molecule has 14 heteroatoms. The number of allylic oxidation sites excluding steroid dienone is 8. The topological polar surface area (TPSA) is 214 Å². The van der Waals surface area contributed by atoms with Crippen molar-refractivity contribution in [1.29, 1.82) is 0 Å². The second kappa shape index (κ2) is 47.0. The molecule has 0 spiro atoms. The van der Waals surface area contributed by atoms with E-state index in [0.29, 0.717) is 13.0 Å². The van der Waals surface area contributed by atoms with E-state index >= 15 is 0 Å². The highest BCUT2D eigenvalue weighted by Crippen LogP contribution is 2.27. The molecule has 0 saturated carbocycles. The average Bonchev–Trinajstić information content (AvgIpc) is 3.40. The molecule has 74 heavy (non-hydrogen) atoms. The molecule has 2 saturated heterocycles. The number of unbranched alkanes of at least 4 members (excludes halogenated alkanes) is 26. The van der Waals surface area contributed by atoms with Crippen LogP contribution in [0.5, 0.6) is 0 Å². The van der Waals surface area contributed by atoms with Crippen molar-refractivity contribution in [1.82, 2.24) is 0 Å². The molecule has 432 valence electrons. The van der Waals surface area contributed by atoms with E-state index in [2.05, 4.69) is 62.5 Å². The number of aliphatic hydroxyl groups is 7. The van der Waals surface area contributed by atoms with Gasteiger partial charge in [-0.25, -0.2) is 0 Å². The molecule has 0 radical (unpaired) electrons. The molecule has 0 aromatic carbocycles. The summed E-state index contributed by atoms with van der Waals surface area (Å²) in [5.74, 6) is -0.384. The van der Waals surface area contributed by atoms with Gasteiger partial charge in [-0.3, -0.25) is 4.79 Å². The number of hydrogen-bond acceptors (Lipinski definition) is 14. The Morgan fingerprint density at radius 3 is 1.36 bits per heavy atom. The van der Waals surface area contributed by atoms with E-state index in [-0.39, 0.29) is 25.6 Å². The van der Waals surface area contributed by atoms with E-state index < -0.39 is 80.7 Å². The molecule has 0 aliphatic carbocycles. The van der Waals surface area contributed by atoms with Crippen molar-refractivity contribution in [3.63, 3.8) is 0 Å². The number of esters is 1. The largest absolute Gasteiger partial charge is 0.457 e. The average molecular weight is 1050 g/mol. The second-order valence-electron chi connectivity index (χ2n) is 20.8. The zero-order chi connectivity index (χ0) is 53.7. The van der Waals surface area contributed by atoms with Crippen LogP contribution in [-0.4, -0.2) is 142 Å². The minimum absolute atomic E-state index is 0.0414.